The Morgan fingerprint density at radius 1 is 1.19 bits per heavy atom. The number of aryl methyl sites for hydroxylation is 1. The maximum atomic E-state index is 12.1. The summed E-state index contributed by atoms with van der Waals surface area (Å²) < 4.78 is 13.0. The predicted octanol–water partition coefficient (Wildman–Crippen LogP) is 4.61. The van der Waals surface area contributed by atoms with Crippen LogP contribution >= 0.6 is 0 Å². The standard InChI is InChI=1S/C21H22N2O3/c1-15(2)16-4-6-17(7-5-16)25-14-19-9-8-18(26-19)10-11-21(24)20-12-13-22-23(20)3/h4-13,15H,14H2,1-3H3/b11-10+. The molecule has 0 aliphatic carbocycles. The minimum Gasteiger partial charge on any atom is -0.486 e. The van der Waals surface area contributed by atoms with E-state index in [1.165, 1.54) is 11.6 Å². The summed E-state index contributed by atoms with van der Waals surface area (Å²) in [5, 5.41) is 3.99. The van der Waals surface area contributed by atoms with Gasteiger partial charge in [0.15, 0.2) is 0 Å². The number of nitrogens with zero attached hydrogens (tertiary/aromatic N) is 2. The van der Waals surface area contributed by atoms with Crippen LogP contribution in [0.1, 0.15) is 47.3 Å². The summed E-state index contributed by atoms with van der Waals surface area (Å²) in [6, 6.07) is 13.4. The van der Waals surface area contributed by atoms with Gasteiger partial charge >= 0.3 is 0 Å². The lowest BCUT2D eigenvalue weighted by atomic mass is 10.0. The zero-order valence-corrected chi connectivity index (χ0v) is 15.2. The smallest absolute Gasteiger partial charge is 0.203 e. The van der Waals surface area contributed by atoms with Crippen LogP contribution in [-0.4, -0.2) is 15.6 Å². The van der Waals surface area contributed by atoms with E-state index in [9.17, 15) is 4.79 Å². The van der Waals surface area contributed by atoms with E-state index in [4.69, 9.17) is 9.15 Å². The van der Waals surface area contributed by atoms with Gasteiger partial charge < -0.3 is 9.15 Å². The third kappa shape index (κ3) is 4.30. The van der Waals surface area contributed by atoms with Gasteiger partial charge in [0, 0.05) is 13.2 Å². The van der Waals surface area contributed by atoms with E-state index in [0.717, 1.165) is 5.75 Å². The Hall–Kier alpha value is -3.08. The van der Waals surface area contributed by atoms with Crippen molar-refractivity contribution in [2.45, 2.75) is 26.4 Å². The molecule has 0 bridgehead atoms. The highest BCUT2D eigenvalue weighted by Gasteiger charge is 2.07. The molecular weight excluding hydrogens is 328 g/mol. The van der Waals surface area contributed by atoms with Crippen molar-refractivity contribution in [2.24, 2.45) is 7.05 Å². The lowest BCUT2D eigenvalue weighted by Crippen LogP contribution is -2.03. The molecule has 0 saturated carbocycles. The van der Waals surface area contributed by atoms with Crippen LogP contribution < -0.4 is 4.74 Å². The topological polar surface area (TPSA) is 57.3 Å². The Morgan fingerprint density at radius 2 is 1.96 bits per heavy atom. The summed E-state index contributed by atoms with van der Waals surface area (Å²) >= 11 is 0. The van der Waals surface area contributed by atoms with Crippen molar-refractivity contribution in [2.75, 3.05) is 0 Å². The van der Waals surface area contributed by atoms with Crippen molar-refractivity contribution < 1.29 is 13.9 Å². The Balaban J connectivity index is 1.57. The molecule has 2 aromatic heterocycles. The minimum absolute atomic E-state index is 0.121. The second-order valence-corrected chi connectivity index (χ2v) is 6.35. The highest BCUT2D eigenvalue weighted by molar-refractivity contribution is 6.05. The quantitative estimate of drug-likeness (QED) is 0.461. The molecule has 0 saturated heterocycles. The fourth-order valence-corrected chi connectivity index (χ4v) is 2.52. The number of benzene rings is 1. The Bertz CT molecular complexity index is 901. The van der Waals surface area contributed by atoms with Gasteiger partial charge in [0.25, 0.3) is 0 Å². The highest BCUT2D eigenvalue weighted by atomic mass is 16.5. The monoisotopic (exact) mass is 350 g/mol. The number of ketones is 1. The molecule has 0 unspecified atom stereocenters. The van der Waals surface area contributed by atoms with E-state index >= 15 is 0 Å². The number of rotatable bonds is 7. The van der Waals surface area contributed by atoms with Gasteiger partial charge in [-0.25, -0.2) is 0 Å². The van der Waals surface area contributed by atoms with E-state index in [1.54, 1.807) is 30.1 Å². The molecule has 5 nitrogen and oxygen atoms in total. The van der Waals surface area contributed by atoms with Crippen LogP contribution in [0.2, 0.25) is 0 Å². The summed E-state index contributed by atoms with van der Waals surface area (Å²) in [4.78, 5) is 12.1. The van der Waals surface area contributed by atoms with Gasteiger partial charge in [0.2, 0.25) is 5.78 Å². The van der Waals surface area contributed by atoms with E-state index < -0.39 is 0 Å². The Labute approximate surface area is 152 Å². The van der Waals surface area contributed by atoms with Crippen molar-refractivity contribution in [1.82, 2.24) is 9.78 Å². The maximum Gasteiger partial charge on any atom is 0.203 e. The van der Waals surface area contributed by atoms with E-state index in [1.807, 2.05) is 24.3 Å². The number of hydrogen-bond acceptors (Lipinski definition) is 4. The van der Waals surface area contributed by atoms with Crippen molar-refractivity contribution in [3.8, 4) is 5.75 Å². The largest absolute Gasteiger partial charge is 0.486 e. The lowest BCUT2D eigenvalue weighted by molar-refractivity contribution is 0.103. The first kappa shape index (κ1) is 17.7. The van der Waals surface area contributed by atoms with Gasteiger partial charge in [-0.1, -0.05) is 26.0 Å². The summed E-state index contributed by atoms with van der Waals surface area (Å²) in [6.45, 7) is 4.66. The molecule has 0 spiro atoms. The molecule has 0 fully saturated rings. The second-order valence-electron chi connectivity index (χ2n) is 6.35. The normalized spacial score (nSPS) is 11.4. The lowest BCUT2D eigenvalue weighted by Gasteiger charge is -2.07. The molecule has 5 heteroatoms. The van der Waals surface area contributed by atoms with Crippen molar-refractivity contribution >= 4 is 11.9 Å². The number of ether oxygens (including phenoxy) is 1. The molecule has 3 rings (SSSR count). The van der Waals surface area contributed by atoms with Gasteiger partial charge in [0.05, 0.1) is 0 Å². The molecule has 0 amide bonds. The Morgan fingerprint density at radius 3 is 2.62 bits per heavy atom. The van der Waals surface area contributed by atoms with Crippen LogP contribution in [0.25, 0.3) is 6.08 Å². The molecule has 0 aliphatic heterocycles. The van der Waals surface area contributed by atoms with Gasteiger partial charge in [-0.15, -0.1) is 0 Å². The first-order valence-corrected chi connectivity index (χ1v) is 8.55. The summed E-state index contributed by atoms with van der Waals surface area (Å²) in [5.74, 6) is 2.48. The molecule has 134 valence electrons. The maximum absolute atomic E-state index is 12.1. The molecule has 26 heavy (non-hydrogen) atoms. The molecule has 0 N–H and O–H groups in total. The fourth-order valence-electron chi connectivity index (χ4n) is 2.52. The molecule has 0 atom stereocenters. The Kier molecular flexibility index (Phi) is 5.37. The first-order valence-electron chi connectivity index (χ1n) is 8.55. The number of allylic oxidation sites excluding steroid dienone is 1. The van der Waals surface area contributed by atoms with Crippen LogP contribution in [-0.2, 0) is 13.7 Å². The van der Waals surface area contributed by atoms with Gasteiger partial charge in [-0.3, -0.25) is 9.48 Å². The van der Waals surface area contributed by atoms with E-state index in [2.05, 4.69) is 31.1 Å². The van der Waals surface area contributed by atoms with Crippen molar-refractivity contribution in [3.63, 3.8) is 0 Å². The van der Waals surface area contributed by atoms with Gasteiger partial charge in [-0.2, -0.15) is 5.10 Å². The zero-order valence-electron chi connectivity index (χ0n) is 15.2. The third-order valence-corrected chi connectivity index (χ3v) is 4.08. The van der Waals surface area contributed by atoms with Gasteiger partial charge in [-0.05, 0) is 54.0 Å². The summed E-state index contributed by atoms with van der Waals surface area (Å²) in [7, 11) is 1.73. The average Bonchev–Trinajstić information content (AvgIpc) is 3.27. The van der Waals surface area contributed by atoms with Crippen LogP contribution in [0.5, 0.6) is 5.75 Å². The molecule has 0 radical (unpaired) electrons. The highest BCUT2D eigenvalue weighted by Crippen LogP contribution is 2.20. The second kappa shape index (κ2) is 7.87. The molecule has 1 aromatic carbocycles. The van der Waals surface area contributed by atoms with Crippen molar-refractivity contribution in [3.05, 3.63) is 77.5 Å². The number of hydrogen-bond donors (Lipinski definition) is 0. The molecule has 2 heterocycles. The first-order chi connectivity index (χ1) is 12.5. The molecule has 0 aliphatic rings. The number of aromatic nitrogens is 2. The third-order valence-electron chi connectivity index (χ3n) is 4.08. The molecule has 3 aromatic rings. The minimum atomic E-state index is -0.121. The van der Waals surface area contributed by atoms with Crippen molar-refractivity contribution in [1.29, 1.82) is 0 Å². The van der Waals surface area contributed by atoms with Gasteiger partial charge in [0.1, 0.15) is 29.6 Å². The molecular formula is C21H22N2O3. The summed E-state index contributed by atoms with van der Waals surface area (Å²) in [5.41, 5.74) is 1.81. The van der Waals surface area contributed by atoms with Crippen LogP contribution in [0.15, 0.2) is 59.2 Å². The zero-order chi connectivity index (χ0) is 18.5. The van der Waals surface area contributed by atoms with E-state index in [0.29, 0.717) is 29.7 Å². The van der Waals surface area contributed by atoms with E-state index in [-0.39, 0.29) is 5.78 Å². The van der Waals surface area contributed by atoms with Crippen LogP contribution in [0.3, 0.4) is 0 Å². The number of carbonyl (C=O) groups excluding carboxylic acids is 1. The van der Waals surface area contributed by atoms with Crippen LogP contribution in [0, 0.1) is 0 Å². The number of furan rings is 1. The summed E-state index contributed by atoms with van der Waals surface area (Å²) in [6.07, 6.45) is 4.72. The fraction of sp³-hybridized carbons (Fsp3) is 0.238. The average molecular weight is 350 g/mol. The SMILES string of the molecule is CC(C)c1ccc(OCc2ccc(/C=C/C(=O)c3ccnn3C)o2)cc1. The predicted molar refractivity (Wildman–Crippen MR) is 100 cm³/mol. The number of carbonyl (C=O) groups is 1. The van der Waals surface area contributed by atoms with Crippen LogP contribution in [0.4, 0.5) is 0 Å².